The van der Waals surface area contributed by atoms with Crippen molar-refractivity contribution in [1.29, 1.82) is 0 Å². The maximum atomic E-state index is 13.0. The SMILES string of the molecule is Cc1cc(-n2c(C)cc(C(=O)CN3CCCC3c3ccsc3)c2C)no1. The molecule has 4 rings (SSSR count). The Morgan fingerprint density at radius 2 is 2.19 bits per heavy atom. The monoisotopic (exact) mass is 369 g/mol. The standard InChI is InChI=1S/C20H23N3O2S/c1-13-9-17(15(3)23(13)20-10-14(2)25-21-20)19(24)11-22-7-4-5-18(22)16-6-8-26-12-16/h6,8-10,12,18H,4-5,7,11H2,1-3H3. The molecule has 4 heterocycles. The Balaban J connectivity index is 1.57. The fraction of sp³-hybridized carbons (Fsp3) is 0.400. The molecule has 5 nitrogen and oxygen atoms in total. The number of thiophene rings is 1. The molecule has 1 aliphatic heterocycles. The maximum absolute atomic E-state index is 13.0. The van der Waals surface area contributed by atoms with Gasteiger partial charge >= 0.3 is 0 Å². The highest BCUT2D eigenvalue weighted by molar-refractivity contribution is 7.07. The topological polar surface area (TPSA) is 51.3 Å². The van der Waals surface area contributed by atoms with E-state index in [0.717, 1.165) is 47.9 Å². The van der Waals surface area contributed by atoms with Crippen molar-refractivity contribution in [2.75, 3.05) is 13.1 Å². The fourth-order valence-electron chi connectivity index (χ4n) is 3.98. The second-order valence-corrected chi connectivity index (χ2v) is 7.80. The van der Waals surface area contributed by atoms with Crippen LogP contribution in [0.2, 0.25) is 0 Å². The molecule has 6 heteroatoms. The third-order valence-electron chi connectivity index (χ3n) is 5.21. The van der Waals surface area contributed by atoms with Gasteiger partial charge in [0, 0.05) is 29.1 Å². The molecule has 1 aliphatic rings. The zero-order valence-electron chi connectivity index (χ0n) is 15.4. The summed E-state index contributed by atoms with van der Waals surface area (Å²) in [6.45, 7) is 7.28. The number of nitrogens with zero attached hydrogens (tertiary/aromatic N) is 3. The molecule has 26 heavy (non-hydrogen) atoms. The molecule has 0 bridgehead atoms. The van der Waals surface area contributed by atoms with Crippen LogP contribution in [-0.4, -0.2) is 33.5 Å². The van der Waals surface area contributed by atoms with Gasteiger partial charge in [0.15, 0.2) is 11.6 Å². The Morgan fingerprint density at radius 3 is 2.88 bits per heavy atom. The van der Waals surface area contributed by atoms with Gasteiger partial charge in [0.25, 0.3) is 0 Å². The third kappa shape index (κ3) is 3.04. The van der Waals surface area contributed by atoms with Crippen LogP contribution in [0.4, 0.5) is 0 Å². The summed E-state index contributed by atoms with van der Waals surface area (Å²) in [6.07, 6.45) is 2.27. The number of carbonyl (C=O) groups excluding carboxylic acids is 1. The molecule has 0 spiro atoms. The van der Waals surface area contributed by atoms with Gasteiger partial charge in [0.05, 0.1) is 6.54 Å². The molecule has 1 unspecified atom stereocenters. The number of aryl methyl sites for hydroxylation is 2. The van der Waals surface area contributed by atoms with Crippen LogP contribution in [0.15, 0.2) is 33.5 Å². The number of ketones is 1. The highest BCUT2D eigenvalue weighted by atomic mass is 32.1. The molecule has 1 saturated heterocycles. The largest absolute Gasteiger partial charge is 0.360 e. The summed E-state index contributed by atoms with van der Waals surface area (Å²) >= 11 is 1.72. The molecule has 1 fully saturated rings. The molecule has 3 aromatic heterocycles. The predicted molar refractivity (Wildman–Crippen MR) is 102 cm³/mol. The zero-order valence-corrected chi connectivity index (χ0v) is 16.2. The lowest BCUT2D eigenvalue weighted by molar-refractivity contribution is 0.0921. The second kappa shape index (κ2) is 6.85. The minimum absolute atomic E-state index is 0.173. The van der Waals surface area contributed by atoms with Crippen molar-refractivity contribution < 1.29 is 9.32 Å². The fourth-order valence-corrected chi connectivity index (χ4v) is 4.69. The van der Waals surface area contributed by atoms with E-state index in [-0.39, 0.29) is 5.78 Å². The highest BCUT2D eigenvalue weighted by Crippen LogP contribution is 2.33. The third-order valence-corrected chi connectivity index (χ3v) is 5.92. The van der Waals surface area contributed by atoms with Gasteiger partial charge in [-0.15, -0.1) is 0 Å². The molecule has 136 valence electrons. The van der Waals surface area contributed by atoms with Gasteiger partial charge in [-0.05, 0) is 68.6 Å². The first-order chi connectivity index (χ1) is 12.5. The molecular weight excluding hydrogens is 346 g/mol. The van der Waals surface area contributed by atoms with Gasteiger partial charge in [-0.3, -0.25) is 14.3 Å². The van der Waals surface area contributed by atoms with E-state index in [4.69, 9.17) is 4.52 Å². The van der Waals surface area contributed by atoms with E-state index in [2.05, 4.69) is 26.9 Å². The summed E-state index contributed by atoms with van der Waals surface area (Å²) in [5.41, 5.74) is 4.03. The molecule has 1 atom stereocenters. The van der Waals surface area contributed by atoms with Crippen molar-refractivity contribution in [2.24, 2.45) is 0 Å². The van der Waals surface area contributed by atoms with Crippen molar-refractivity contribution in [1.82, 2.24) is 14.6 Å². The van der Waals surface area contributed by atoms with Crippen molar-refractivity contribution in [3.63, 3.8) is 0 Å². The first-order valence-corrected chi connectivity index (χ1v) is 9.91. The number of likely N-dealkylation sites (tertiary alicyclic amines) is 1. The average molecular weight is 369 g/mol. The lowest BCUT2D eigenvalue weighted by Gasteiger charge is -2.23. The Labute approximate surface area is 157 Å². The quantitative estimate of drug-likeness (QED) is 0.623. The second-order valence-electron chi connectivity index (χ2n) is 7.02. The van der Waals surface area contributed by atoms with Crippen LogP contribution < -0.4 is 0 Å². The first kappa shape index (κ1) is 17.2. The minimum Gasteiger partial charge on any atom is -0.360 e. The van der Waals surface area contributed by atoms with E-state index < -0.39 is 0 Å². The summed E-state index contributed by atoms with van der Waals surface area (Å²) < 4.78 is 7.19. The number of carbonyl (C=O) groups is 1. The van der Waals surface area contributed by atoms with E-state index in [0.29, 0.717) is 12.6 Å². The molecule has 0 saturated carbocycles. The smallest absolute Gasteiger partial charge is 0.180 e. The number of hydrogen-bond acceptors (Lipinski definition) is 5. The number of hydrogen-bond donors (Lipinski definition) is 0. The van der Waals surface area contributed by atoms with Crippen LogP contribution in [-0.2, 0) is 0 Å². The highest BCUT2D eigenvalue weighted by Gasteiger charge is 2.29. The molecule has 0 N–H and O–H groups in total. The van der Waals surface area contributed by atoms with Gasteiger partial charge in [-0.1, -0.05) is 5.16 Å². The molecule has 0 aromatic carbocycles. The van der Waals surface area contributed by atoms with E-state index >= 15 is 0 Å². The van der Waals surface area contributed by atoms with Crippen LogP contribution in [0.1, 0.15) is 52.0 Å². The van der Waals surface area contributed by atoms with Crippen molar-refractivity contribution in [3.05, 3.63) is 57.2 Å². The molecule has 0 radical (unpaired) electrons. The van der Waals surface area contributed by atoms with Crippen LogP contribution >= 0.6 is 11.3 Å². The maximum Gasteiger partial charge on any atom is 0.180 e. The Bertz CT molecular complexity index is 923. The van der Waals surface area contributed by atoms with Gasteiger partial charge < -0.3 is 4.52 Å². The van der Waals surface area contributed by atoms with Crippen LogP contribution in [0.3, 0.4) is 0 Å². The van der Waals surface area contributed by atoms with Crippen molar-refractivity contribution in [2.45, 2.75) is 39.7 Å². The Kier molecular flexibility index (Phi) is 4.54. The predicted octanol–water partition coefficient (Wildman–Crippen LogP) is 4.47. The van der Waals surface area contributed by atoms with E-state index in [1.54, 1.807) is 11.3 Å². The average Bonchev–Trinajstić information content (AvgIpc) is 3.35. The van der Waals surface area contributed by atoms with Gasteiger partial charge in [-0.2, -0.15) is 11.3 Å². The summed E-state index contributed by atoms with van der Waals surface area (Å²) in [5, 5.41) is 8.41. The molecule has 0 amide bonds. The van der Waals surface area contributed by atoms with Crippen LogP contribution in [0, 0.1) is 20.8 Å². The number of aromatic nitrogens is 2. The summed E-state index contributed by atoms with van der Waals surface area (Å²) in [7, 11) is 0. The lowest BCUT2D eigenvalue weighted by Crippen LogP contribution is -2.29. The van der Waals surface area contributed by atoms with Crippen LogP contribution in [0.5, 0.6) is 0 Å². The van der Waals surface area contributed by atoms with Crippen molar-refractivity contribution >= 4 is 17.1 Å². The minimum atomic E-state index is 0.173. The first-order valence-electron chi connectivity index (χ1n) is 8.96. The number of rotatable bonds is 5. The van der Waals surface area contributed by atoms with Crippen LogP contribution in [0.25, 0.3) is 5.82 Å². The Morgan fingerprint density at radius 1 is 1.35 bits per heavy atom. The summed E-state index contributed by atoms with van der Waals surface area (Å²) in [4.78, 5) is 15.4. The van der Waals surface area contributed by atoms with E-state index in [1.165, 1.54) is 5.56 Å². The van der Waals surface area contributed by atoms with E-state index in [1.807, 2.05) is 37.5 Å². The van der Waals surface area contributed by atoms with Gasteiger partial charge in [0.2, 0.25) is 0 Å². The zero-order chi connectivity index (χ0) is 18.3. The lowest BCUT2D eigenvalue weighted by atomic mass is 10.1. The summed E-state index contributed by atoms with van der Waals surface area (Å²) in [6, 6.07) is 6.40. The molecule has 0 aliphatic carbocycles. The van der Waals surface area contributed by atoms with Gasteiger partial charge in [-0.25, -0.2) is 0 Å². The Hall–Kier alpha value is -2.18. The van der Waals surface area contributed by atoms with E-state index in [9.17, 15) is 4.79 Å². The van der Waals surface area contributed by atoms with Gasteiger partial charge in [0.1, 0.15) is 5.76 Å². The summed E-state index contributed by atoms with van der Waals surface area (Å²) in [5.74, 6) is 1.66. The normalized spacial score (nSPS) is 17.9. The molecular formula is C20H23N3O2S. The molecule has 3 aromatic rings. The number of Topliss-reactive ketones (excluding diaryl/α,β-unsaturated/α-hetero) is 1. The van der Waals surface area contributed by atoms with Crippen molar-refractivity contribution in [3.8, 4) is 5.82 Å².